The van der Waals surface area contributed by atoms with Gasteiger partial charge < -0.3 is 10.1 Å². The number of benzene rings is 2. The maximum Gasteiger partial charge on any atom is 0.251 e. The molecular formula is C20H22ClN5O2. The molecule has 0 fully saturated rings. The van der Waals surface area contributed by atoms with Crippen molar-refractivity contribution in [1.82, 2.24) is 25.5 Å². The molecule has 8 heteroatoms. The molecule has 2 aromatic carbocycles. The highest BCUT2D eigenvalue weighted by Crippen LogP contribution is 2.17. The normalized spacial score (nSPS) is 10.9. The molecule has 1 amide bonds. The highest BCUT2D eigenvalue weighted by atomic mass is 35.5. The van der Waals surface area contributed by atoms with Gasteiger partial charge in [0.2, 0.25) is 0 Å². The first-order valence-corrected chi connectivity index (χ1v) is 9.43. The van der Waals surface area contributed by atoms with Crippen LogP contribution in [0.5, 0.6) is 5.75 Å². The fourth-order valence-electron chi connectivity index (χ4n) is 2.70. The minimum atomic E-state index is -0.162. The van der Waals surface area contributed by atoms with Gasteiger partial charge in [0.25, 0.3) is 5.91 Å². The van der Waals surface area contributed by atoms with E-state index in [4.69, 9.17) is 16.3 Å². The molecule has 28 heavy (non-hydrogen) atoms. The molecule has 146 valence electrons. The van der Waals surface area contributed by atoms with Crippen LogP contribution in [0.4, 0.5) is 0 Å². The van der Waals surface area contributed by atoms with Crippen LogP contribution in [0, 0.1) is 0 Å². The summed E-state index contributed by atoms with van der Waals surface area (Å²) in [4.78, 5) is 12.4. The van der Waals surface area contributed by atoms with Crippen LogP contribution in [0.2, 0.25) is 5.02 Å². The third kappa shape index (κ3) is 5.07. The lowest BCUT2D eigenvalue weighted by Crippen LogP contribution is -2.25. The molecule has 1 N–H and O–H groups in total. The molecule has 7 nitrogen and oxygen atoms in total. The van der Waals surface area contributed by atoms with E-state index in [1.54, 1.807) is 28.9 Å². The monoisotopic (exact) mass is 399 g/mol. The zero-order chi connectivity index (χ0) is 19.9. The number of carbonyl (C=O) groups is 1. The molecule has 0 aliphatic rings. The first kappa shape index (κ1) is 19.8. The van der Waals surface area contributed by atoms with Gasteiger partial charge in [0.05, 0.1) is 6.04 Å². The molecule has 0 saturated carbocycles. The SMILES string of the molecule is CC(C)n1nnnc1COc1cccc(C(=O)NCCc2ccccc2Cl)c1. The number of nitrogens with one attached hydrogen (secondary N) is 1. The summed E-state index contributed by atoms with van der Waals surface area (Å²) < 4.78 is 7.46. The van der Waals surface area contributed by atoms with Crippen LogP contribution >= 0.6 is 11.6 Å². The molecule has 0 unspecified atom stereocenters. The highest BCUT2D eigenvalue weighted by Gasteiger charge is 2.11. The number of aromatic nitrogens is 4. The van der Waals surface area contributed by atoms with Gasteiger partial charge in [-0.2, -0.15) is 0 Å². The molecule has 0 bridgehead atoms. The van der Waals surface area contributed by atoms with Gasteiger partial charge in [-0.3, -0.25) is 4.79 Å². The van der Waals surface area contributed by atoms with Crippen molar-refractivity contribution in [1.29, 1.82) is 0 Å². The molecular weight excluding hydrogens is 378 g/mol. The van der Waals surface area contributed by atoms with Gasteiger partial charge >= 0.3 is 0 Å². The van der Waals surface area contributed by atoms with Gasteiger partial charge in [-0.25, -0.2) is 4.68 Å². The fourth-order valence-corrected chi connectivity index (χ4v) is 2.93. The molecule has 1 heterocycles. The van der Waals surface area contributed by atoms with Crippen molar-refractivity contribution in [3.8, 4) is 5.75 Å². The van der Waals surface area contributed by atoms with Gasteiger partial charge in [-0.05, 0) is 60.5 Å². The van der Waals surface area contributed by atoms with E-state index in [0.29, 0.717) is 35.1 Å². The van der Waals surface area contributed by atoms with E-state index in [1.807, 2.05) is 38.1 Å². The highest BCUT2D eigenvalue weighted by molar-refractivity contribution is 6.31. The quantitative estimate of drug-likeness (QED) is 0.627. The molecule has 0 aliphatic carbocycles. The van der Waals surface area contributed by atoms with Gasteiger partial charge in [0.15, 0.2) is 5.82 Å². The summed E-state index contributed by atoms with van der Waals surface area (Å²) in [6.45, 7) is 4.71. The van der Waals surface area contributed by atoms with Crippen molar-refractivity contribution < 1.29 is 9.53 Å². The zero-order valence-corrected chi connectivity index (χ0v) is 16.6. The number of tetrazole rings is 1. The van der Waals surface area contributed by atoms with Crippen LogP contribution in [-0.4, -0.2) is 32.7 Å². The van der Waals surface area contributed by atoms with Crippen molar-refractivity contribution in [3.05, 3.63) is 70.5 Å². The van der Waals surface area contributed by atoms with E-state index in [2.05, 4.69) is 20.8 Å². The van der Waals surface area contributed by atoms with Crippen molar-refractivity contribution in [3.63, 3.8) is 0 Å². The standard InChI is InChI=1S/C20H22ClN5O2/c1-14(2)26-19(23-24-25-26)13-28-17-8-5-7-16(12-17)20(27)22-11-10-15-6-3-4-9-18(15)21/h3-9,12,14H,10-11,13H2,1-2H3,(H,22,27). The number of hydrogen-bond donors (Lipinski definition) is 1. The molecule has 0 atom stereocenters. The van der Waals surface area contributed by atoms with Gasteiger partial charge in [0, 0.05) is 17.1 Å². The Hall–Kier alpha value is -2.93. The van der Waals surface area contributed by atoms with Crippen molar-refractivity contribution in [2.24, 2.45) is 0 Å². The van der Waals surface area contributed by atoms with Gasteiger partial charge in [-0.1, -0.05) is 35.9 Å². The average molecular weight is 400 g/mol. The Morgan fingerprint density at radius 1 is 1.21 bits per heavy atom. The first-order valence-electron chi connectivity index (χ1n) is 9.06. The first-order chi connectivity index (χ1) is 13.5. The Morgan fingerprint density at radius 2 is 2.04 bits per heavy atom. The third-order valence-corrected chi connectivity index (χ3v) is 4.52. The summed E-state index contributed by atoms with van der Waals surface area (Å²) in [5, 5.41) is 15.2. The lowest BCUT2D eigenvalue weighted by molar-refractivity contribution is 0.0953. The number of hydrogen-bond acceptors (Lipinski definition) is 5. The predicted octanol–water partition coefficient (Wildman–Crippen LogP) is 3.46. The minimum Gasteiger partial charge on any atom is -0.486 e. The topological polar surface area (TPSA) is 81.9 Å². The Bertz CT molecular complexity index is 942. The summed E-state index contributed by atoms with van der Waals surface area (Å²) in [5.74, 6) is 1.05. The minimum absolute atomic E-state index is 0.142. The van der Waals surface area contributed by atoms with E-state index < -0.39 is 0 Å². The zero-order valence-electron chi connectivity index (χ0n) is 15.8. The Balaban J connectivity index is 1.55. The second-order valence-electron chi connectivity index (χ2n) is 6.55. The van der Waals surface area contributed by atoms with Crippen LogP contribution in [0.1, 0.15) is 41.6 Å². The summed E-state index contributed by atoms with van der Waals surface area (Å²) >= 11 is 6.14. The molecule has 0 saturated heterocycles. The maximum atomic E-state index is 12.4. The smallest absolute Gasteiger partial charge is 0.251 e. The number of halogens is 1. The van der Waals surface area contributed by atoms with E-state index in [-0.39, 0.29) is 18.6 Å². The molecule has 1 aromatic heterocycles. The van der Waals surface area contributed by atoms with Crippen molar-refractivity contribution >= 4 is 17.5 Å². The predicted molar refractivity (Wildman–Crippen MR) is 106 cm³/mol. The molecule has 0 spiro atoms. The number of carbonyl (C=O) groups excluding carboxylic acids is 1. The van der Waals surface area contributed by atoms with E-state index in [0.717, 1.165) is 5.56 Å². The van der Waals surface area contributed by atoms with Crippen LogP contribution in [0.3, 0.4) is 0 Å². The van der Waals surface area contributed by atoms with Crippen LogP contribution < -0.4 is 10.1 Å². The van der Waals surface area contributed by atoms with E-state index >= 15 is 0 Å². The summed E-state index contributed by atoms with van der Waals surface area (Å²) in [5.41, 5.74) is 1.53. The Kier molecular flexibility index (Phi) is 6.60. The molecule has 3 rings (SSSR count). The largest absolute Gasteiger partial charge is 0.486 e. The Morgan fingerprint density at radius 3 is 2.82 bits per heavy atom. The Labute approximate surface area is 168 Å². The van der Waals surface area contributed by atoms with Crippen molar-refractivity contribution in [2.45, 2.75) is 32.9 Å². The molecule has 0 aliphatic heterocycles. The van der Waals surface area contributed by atoms with E-state index in [1.165, 1.54) is 0 Å². The fraction of sp³-hybridized carbons (Fsp3) is 0.300. The number of ether oxygens (including phenoxy) is 1. The number of rotatable bonds is 8. The summed E-state index contributed by atoms with van der Waals surface area (Å²) in [6.07, 6.45) is 0.666. The lowest BCUT2D eigenvalue weighted by Gasteiger charge is -2.10. The van der Waals surface area contributed by atoms with Gasteiger partial charge in [0.1, 0.15) is 12.4 Å². The summed E-state index contributed by atoms with van der Waals surface area (Å²) in [6, 6.07) is 14.8. The number of amides is 1. The van der Waals surface area contributed by atoms with Crippen molar-refractivity contribution in [2.75, 3.05) is 6.54 Å². The van der Waals surface area contributed by atoms with Crippen LogP contribution in [-0.2, 0) is 13.0 Å². The van der Waals surface area contributed by atoms with Crippen LogP contribution in [0.15, 0.2) is 48.5 Å². The van der Waals surface area contributed by atoms with Crippen LogP contribution in [0.25, 0.3) is 0 Å². The van der Waals surface area contributed by atoms with E-state index in [9.17, 15) is 4.79 Å². The third-order valence-electron chi connectivity index (χ3n) is 4.15. The molecule has 0 radical (unpaired) electrons. The maximum absolute atomic E-state index is 12.4. The van der Waals surface area contributed by atoms with Gasteiger partial charge in [-0.15, -0.1) is 5.10 Å². The second-order valence-corrected chi connectivity index (χ2v) is 6.95. The summed E-state index contributed by atoms with van der Waals surface area (Å²) in [7, 11) is 0. The lowest BCUT2D eigenvalue weighted by atomic mass is 10.1. The average Bonchev–Trinajstić information content (AvgIpc) is 3.17. The number of nitrogens with zero attached hydrogens (tertiary/aromatic N) is 4. The molecule has 3 aromatic rings. The second kappa shape index (κ2) is 9.32.